The summed E-state index contributed by atoms with van der Waals surface area (Å²) in [4.78, 5) is 27.8. The first-order valence-electron chi connectivity index (χ1n) is 8.61. The van der Waals surface area contributed by atoms with Crippen molar-refractivity contribution >= 4 is 27.8 Å². The third kappa shape index (κ3) is 2.79. The molecular weight excluding hydrogens is 328 g/mol. The van der Waals surface area contributed by atoms with Gasteiger partial charge in [0.2, 0.25) is 5.91 Å². The summed E-state index contributed by atoms with van der Waals surface area (Å²) in [6.45, 7) is 0.856. The summed E-state index contributed by atoms with van der Waals surface area (Å²) >= 11 is 0. The van der Waals surface area contributed by atoms with Gasteiger partial charge in [-0.25, -0.2) is 4.79 Å². The van der Waals surface area contributed by atoms with Gasteiger partial charge in [-0.2, -0.15) is 0 Å². The molecule has 0 fully saturated rings. The standard InChI is InChI=1S/C20H20N4O2/c1-23-17-8-4-5-9-18(17)24(20(23)26)11-10-21-19(25)12-14-13-22-16-7-3-2-6-15(14)16/h2-9,13,22H,10-12H2,1H3,(H,21,25). The van der Waals surface area contributed by atoms with Gasteiger partial charge in [-0.15, -0.1) is 0 Å². The minimum absolute atomic E-state index is 0.0527. The molecule has 26 heavy (non-hydrogen) atoms. The fourth-order valence-electron chi connectivity index (χ4n) is 3.40. The number of H-pyrrole nitrogens is 1. The van der Waals surface area contributed by atoms with Crippen molar-refractivity contribution in [2.24, 2.45) is 7.05 Å². The van der Waals surface area contributed by atoms with Crippen LogP contribution in [0.5, 0.6) is 0 Å². The Morgan fingerprint density at radius 3 is 2.65 bits per heavy atom. The van der Waals surface area contributed by atoms with Crippen molar-refractivity contribution in [3.63, 3.8) is 0 Å². The van der Waals surface area contributed by atoms with Gasteiger partial charge in [-0.1, -0.05) is 30.3 Å². The molecule has 0 unspecified atom stereocenters. The van der Waals surface area contributed by atoms with Crippen LogP contribution in [0.2, 0.25) is 0 Å². The SMILES string of the molecule is Cn1c(=O)n(CCNC(=O)Cc2c[nH]c3ccccc23)c2ccccc21. The molecule has 4 aromatic rings. The van der Waals surface area contributed by atoms with E-state index >= 15 is 0 Å². The maximum Gasteiger partial charge on any atom is 0.328 e. The largest absolute Gasteiger partial charge is 0.361 e. The molecule has 0 saturated heterocycles. The molecular formula is C20H20N4O2. The van der Waals surface area contributed by atoms with Gasteiger partial charge in [0.15, 0.2) is 0 Å². The van der Waals surface area contributed by atoms with Crippen LogP contribution in [0.4, 0.5) is 0 Å². The highest BCUT2D eigenvalue weighted by Crippen LogP contribution is 2.18. The fourth-order valence-corrected chi connectivity index (χ4v) is 3.40. The van der Waals surface area contributed by atoms with Gasteiger partial charge >= 0.3 is 5.69 Å². The van der Waals surface area contributed by atoms with E-state index < -0.39 is 0 Å². The number of aromatic amines is 1. The summed E-state index contributed by atoms with van der Waals surface area (Å²) in [5.74, 6) is -0.0527. The number of rotatable bonds is 5. The van der Waals surface area contributed by atoms with E-state index in [1.807, 2.05) is 54.7 Å². The molecule has 0 aliphatic heterocycles. The lowest BCUT2D eigenvalue weighted by molar-refractivity contribution is -0.120. The Morgan fingerprint density at radius 1 is 1.08 bits per heavy atom. The van der Waals surface area contributed by atoms with Crippen LogP contribution in [-0.4, -0.2) is 26.6 Å². The number of carbonyl (C=O) groups excluding carboxylic acids is 1. The molecule has 2 aromatic carbocycles. The molecule has 0 aliphatic carbocycles. The molecule has 1 amide bonds. The Balaban J connectivity index is 1.43. The molecule has 132 valence electrons. The summed E-state index contributed by atoms with van der Waals surface area (Å²) < 4.78 is 3.32. The van der Waals surface area contributed by atoms with Crippen LogP contribution in [0.1, 0.15) is 5.56 Å². The number of carbonyl (C=O) groups is 1. The molecule has 2 aromatic heterocycles. The van der Waals surface area contributed by atoms with Crippen molar-refractivity contribution in [2.45, 2.75) is 13.0 Å². The van der Waals surface area contributed by atoms with Gasteiger partial charge < -0.3 is 10.3 Å². The minimum atomic E-state index is -0.0722. The Morgan fingerprint density at radius 2 is 1.81 bits per heavy atom. The van der Waals surface area contributed by atoms with Crippen molar-refractivity contribution in [2.75, 3.05) is 6.54 Å². The monoisotopic (exact) mass is 348 g/mol. The molecule has 2 N–H and O–H groups in total. The van der Waals surface area contributed by atoms with E-state index in [0.717, 1.165) is 27.5 Å². The molecule has 4 rings (SSSR count). The average molecular weight is 348 g/mol. The van der Waals surface area contributed by atoms with Crippen molar-refractivity contribution < 1.29 is 4.79 Å². The maximum absolute atomic E-state index is 12.4. The van der Waals surface area contributed by atoms with Gasteiger partial charge in [-0.05, 0) is 23.8 Å². The fraction of sp³-hybridized carbons (Fsp3) is 0.200. The van der Waals surface area contributed by atoms with Crippen LogP contribution in [0.3, 0.4) is 0 Å². The molecule has 0 spiro atoms. The number of benzene rings is 2. The zero-order chi connectivity index (χ0) is 18.1. The molecule has 0 aliphatic rings. The van der Waals surface area contributed by atoms with Gasteiger partial charge in [0.25, 0.3) is 0 Å². The van der Waals surface area contributed by atoms with E-state index in [1.54, 1.807) is 16.2 Å². The molecule has 0 saturated carbocycles. The lowest BCUT2D eigenvalue weighted by atomic mass is 10.1. The van der Waals surface area contributed by atoms with Crippen molar-refractivity contribution in [1.29, 1.82) is 0 Å². The number of aryl methyl sites for hydroxylation is 1. The summed E-state index contributed by atoms with van der Waals surface area (Å²) in [6, 6.07) is 15.6. The third-order valence-corrected chi connectivity index (χ3v) is 4.74. The van der Waals surface area contributed by atoms with Crippen LogP contribution < -0.4 is 11.0 Å². The highest BCUT2D eigenvalue weighted by atomic mass is 16.2. The highest BCUT2D eigenvalue weighted by Gasteiger charge is 2.11. The number of aromatic nitrogens is 3. The average Bonchev–Trinajstić information content (AvgIpc) is 3.17. The zero-order valence-electron chi connectivity index (χ0n) is 14.5. The quantitative estimate of drug-likeness (QED) is 0.580. The van der Waals surface area contributed by atoms with Gasteiger partial charge in [0.1, 0.15) is 0 Å². The molecule has 2 heterocycles. The normalized spacial score (nSPS) is 11.3. The zero-order valence-corrected chi connectivity index (χ0v) is 14.5. The number of hydrogen-bond acceptors (Lipinski definition) is 2. The third-order valence-electron chi connectivity index (χ3n) is 4.74. The van der Waals surface area contributed by atoms with E-state index in [0.29, 0.717) is 19.5 Å². The summed E-state index contributed by atoms with van der Waals surface area (Å²) in [5, 5.41) is 3.98. The Kier molecular flexibility index (Phi) is 4.08. The number of nitrogens with zero attached hydrogens (tertiary/aromatic N) is 2. The van der Waals surface area contributed by atoms with Crippen molar-refractivity contribution in [1.82, 2.24) is 19.4 Å². The molecule has 0 radical (unpaired) electrons. The van der Waals surface area contributed by atoms with Gasteiger partial charge in [-0.3, -0.25) is 13.9 Å². The number of imidazole rings is 1. The van der Waals surface area contributed by atoms with Crippen LogP contribution in [-0.2, 0) is 24.8 Å². The molecule has 0 bridgehead atoms. The first-order valence-corrected chi connectivity index (χ1v) is 8.61. The van der Waals surface area contributed by atoms with Crippen LogP contribution in [0, 0.1) is 0 Å². The Bertz CT molecular complexity index is 1150. The van der Waals surface area contributed by atoms with E-state index in [1.165, 1.54) is 0 Å². The van der Waals surface area contributed by atoms with E-state index in [2.05, 4.69) is 10.3 Å². The number of hydrogen-bond donors (Lipinski definition) is 2. The number of amides is 1. The second-order valence-electron chi connectivity index (χ2n) is 6.37. The Labute approximate surface area is 150 Å². The smallest absolute Gasteiger partial charge is 0.328 e. The number of fused-ring (bicyclic) bond motifs is 2. The second kappa shape index (κ2) is 6.55. The van der Waals surface area contributed by atoms with Crippen molar-refractivity contribution in [3.05, 3.63) is 70.8 Å². The summed E-state index contributed by atoms with van der Waals surface area (Å²) in [5.41, 5.74) is 3.70. The van der Waals surface area contributed by atoms with E-state index in [4.69, 9.17) is 0 Å². The predicted molar refractivity (Wildman–Crippen MR) is 102 cm³/mol. The predicted octanol–water partition coefficient (Wildman–Crippen LogP) is 2.18. The van der Waals surface area contributed by atoms with Crippen LogP contribution >= 0.6 is 0 Å². The first kappa shape index (κ1) is 16.2. The second-order valence-corrected chi connectivity index (χ2v) is 6.37. The van der Waals surface area contributed by atoms with Crippen LogP contribution in [0.15, 0.2) is 59.5 Å². The summed E-state index contributed by atoms with van der Waals surface area (Å²) in [7, 11) is 1.76. The number of para-hydroxylation sites is 3. The number of nitrogens with one attached hydrogen (secondary N) is 2. The van der Waals surface area contributed by atoms with Gasteiger partial charge in [0, 0.05) is 37.2 Å². The van der Waals surface area contributed by atoms with Crippen molar-refractivity contribution in [3.8, 4) is 0 Å². The summed E-state index contributed by atoms with van der Waals surface area (Å²) in [6.07, 6.45) is 2.19. The maximum atomic E-state index is 12.4. The first-order chi connectivity index (χ1) is 12.6. The molecule has 0 atom stereocenters. The van der Waals surface area contributed by atoms with Crippen LogP contribution in [0.25, 0.3) is 21.9 Å². The lowest BCUT2D eigenvalue weighted by Gasteiger charge is -2.06. The Hall–Kier alpha value is -3.28. The van der Waals surface area contributed by atoms with Gasteiger partial charge in [0.05, 0.1) is 17.5 Å². The highest BCUT2D eigenvalue weighted by molar-refractivity contribution is 5.88. The van der Waals surface area contributed by atoms with E-state index in [-0.39, 0.29) is 11.6 Å². The topological polar surface area (TPSA) is 71.8 Å². The lowest BCUT2D eigenvalue weighted by Crippen LogP contribution is -2.32. The molecule has 6 heteroatoms. The van der Waals surface area contributed by atoms with E-state index in [9.17, 15) is 9.59 Å². The molecule has 6 nitrogen and oxygen atoms in total. The minimum Gasteiger partial charge on any atom is -0.361 e.